The van der Waals surface area contributed by atoms with Crippen LogP contribution in [0.5, 0.6) is 0 Å². The number of nitrogens with zero attached hydrogens (tertiary/aromatic N) is 2. The van der Waals surface area contributed by atoms with Crippen LogP contribution in [-0.2, 0) is 11.2 Å². The molecular weight excluding hydrogens is 258 g/mol. The lowest BCUT2D eigenvalue weighted by atomic mass is 10.0. The van der Waals surface area contributed by atoms with E-state index in [9.17, 15) is 4.79 Å². The van der Waals surface area contributed by atoms with Crippen molar-refractivity contribution in [3.63, 3.8) is 0 Å². The molecule has 0 bridgehead atoms. The van der Waals surface area contributed by atoms with E-state index in [1.165, 1.54) is 10.3 Å². The number of anilines is 2. The second kappa shape index (κ2) is 4.81. The summed E-state index contributed by atoms with van der Waals surface area (Å²) in [4.78, 5) is 18.5. The Morgan fingerprint density at radius 3 is 3.11 bits per heavy atom. The molecule has 1 aromatic heterocycles. The summed E-state index contributed by atoms with van der Waals surface area (Å²) < 4.78 is 1.19. The number of hydrogen-bond acceptors (Lipinski definition) is 4. The molecule has 0 saturated carbocycles. The molecule has 3 rings (SSSR count). The van der Waals surface area contributed by atoms with Gasteiger partial charge < -0.3 is 10.2 Å². The number of carbonyl (C=O) groups excluding carboxylic acids is 1. The van der Waals surface area contributed by atoms with Gasteiger partial charge in [0, 0.05) is 25.7 Å². The highest BCUT2D eigenvalue weighted by atomic mass is 32.1. The minimum Gasteiger partial charge on any atom is -0.365 e. The van der Waals surface area contributed by atoms with Gasteiger partial charge in [-0.3, -0.25) is 4.79 Å². The van der Waals surface area contributed by atoms with Crippen LogP contribution in [0.2, 0.25) is 0 Å². The van der Waals surface area contributed by atoms with Gasteiger partial charge in [-0.2, -0.15) is 0 Å². The zero-order valence-corrected chi connectivity index (χ0v) is 12.0. The van der Waals surface area contributed by atoms with Gasteiger partial charge in [0.2, 0.25) is 5.91 Å². The van der Waals surface area contributed by atoms with Crippen molar-refractivity contribution in [3.8, 4) is 0 Å². The number of thiazole rings is 1. The first kappa shape index (κ1) is 12.4. The van der Waals surface area contributed by atoms with E-state index in [0.717, 1.165) is 35.7 Å². The Hall–Kier alpha value is -1.62. The average Bonchev–Trinajstić information content (AvgIpc) is 2.85. The largest absolute Gasteiger partial charge is 0.365 e. The maximum atomic E-state index is 12.0. The normalized spacial score (nSPS) is 14.5. The summed E-state index contributed by atoms with van der Waals surface area (Å²) in [5.41, 5.74) is 3.30. The molecule has 0 aliphatic carbocycles. The van der Waals surface area contributed by atoms with Crippen molar-refractivity contribution < 1.29 is 4.79 Å². The van der Waals surface area contributed by atoms with Gasteiger partial charge in [0.05, 0.1) is 10.2 Å². The summed E-state index contributed by atoms with van der Waals surface area (Å²) in [7, 11) is 1.88. The quantitative estimate of drug-likeness (QED) is 0.916. The highest BCUT2D eigenvalue weighted by Crippen LogP contribution is 2.35. The van der Waals surface area contributed by atoms with E-state index in [4.69, 9.17) is 0 Å². The lowest BCUT2D eigenvalue weighted by Crippen LogP contribution is -2.34. The van der Waals surface area contributed by atoms with Crippen LogP contribution in [-0.4, -0.2) is 24.5 Å². The van der Waals surface area contributed by atoms with Crippen LogP contribution in [0.4, 0.5) is 10.8 Å². The minimum absolute atomic E-state index is 0.198. The Balaban J connectivity index is 2.12. The third kappa shape index (κ3) is 2.08. The fraction of sp³-hybridized carbons (Fsp3) is 0.429. The molecule has 1 N–H and O–H groups in total. The number of hydrogen-bond donors (Lipinski definition) is 1. The maximum absolute atomic E-state index is 12.0. The van der Waals surface area contributed by atoms with Gasteiger partial charge >= 0.3 is 0 Å². The third-order valence-corrected chi connectivity index (χ3v) is 4.56. The van der Waals surface area contributed by atoms with Crippen molar-refractivity contribution in [1.29, 1.82) is 0 Å². The minimum atomic E-state index is 0.198. The van der Waals surface area contributed by atoms with Gasteiger partial charge in [0.15, 0.2) is 5.13 Å². The molecule has 2 heterocycles. The van der Waals surface area contributed by atoms with Crippen molar-refractivity contribution in [2.75, 3.05) is 23.8 Å². The first-order valence-corrected chi connectivity index (χ1v) is 7.46. The Morgan fingerprint density at radius 2 is 2.37 bits per heavy atom. The monoisotopic (exact) mass is 275 g/mol. The molecule has 19 heavy (non-hydrogen) atoms. The topological polar surface area (TPSA) is 45.2 Å². The summed E-state index contributed by atoms with van der Waals surface area (Å²) >= 11 is 1.66. The Kier molecular flexibility index (Phi) is 3.14. The Labute approximate surface area is 116 Å². The van der Waals surface area contributed by atoms with Gasteiger partial charge in [-0.15, -0.1) is 0 Å². The first-order valence-electron chi connectivity index (χ1n) is 6.64. The Morgan fingerprint density at radius 1 is 1.53 bits per heavy atom. The van der Waals surface area contributed by atoms with E-state index < -0.39 is 0 Å². The van der Waals surface area contributed by atoms with E-state index in [-0.39, 0.29) is 5.91 Å². The van der Waals surface area contributed by atoms with E-state index in [0.29, 0.717) is 6.42 Å². The van der Waals surface area contributed by atoms with Crippen LogP contribution in [0.1, 0.15) is 25.3 Å². The number of benzene rings is 1. The number of aromatic nitrogens is 1. The number of carbonyl (C=O) groups is 1. The second-order valence-electron chi connectivity index (χ2n) is 4.72. The van der Waals surface area contributed by atoms with Gasteiger partial charge in [0.1, 0.15) is 0 Å². The molecule has 2 aromatic rings. The van der Waals surface area contributed by atoms with Gasteiger partial charge in [-0.05, 0) is 30.5 Å². The zero-order chi connectivity index (χ0) is 13.4. The first-order chi connectivity index (χ1) is 9.22. The molecule has 0 spiro atoms. The number of aryl methyl sites for hydroxylation is 1. The highest BCUT2D eigenvalue weighted by Gasteiger charge is 2.22. The lowest BCUT2D eigenvalue weighted by molar-refractivity contribution is -0.118. The fourth-order valence-corrected chi connectivity index (χ4v) is 3.43. The number of rotatable bonds is 2. The molecule has 0 radical (unpaired) electrons. The van der Waals surface area contributed by atoms with Crippen molar-refractivity contribution >= 4 is 38.3 Å². The summed E-state index contributed by atoms with van der Waals surface area (Å²) in [6, 6.07) is 4.26. The fourth-order valence-electron chi connectivity index (χ4n) is 2.56. The zero-order valence-electron chi connectivity index (χ0n) is 11.2. The standard InChI is InChI=1S/C14H17N3OS/c1-3-13(18)17-6-4-5-9-7-12-10(8-11(9)17)16-14(15-2)19-12/h7-8H,3-6H2,1-2H3,(H,15,16). The second-order valence-corrected chi connectivity index (χ2v) is 5.75. The molecular formula is C14H17N3OS. The van der Waals surface area contributed by atoms with Crippen molar-refractivity contribution in [3.05, 3.63) is 17.7 Å². The van der Waals surface area contributed by atoms with Gasteiger partial charge in [-0.25, -0.2) is 4.98 Å². The summed E-state index contributed by atoms with van der Waals surface area (Å²) in [6.07, 6.45) is 2.64. The summed E-state index contributed by atoms with van der Waals surface area (Å²) in [5, 5.41) is 4.00. The molecule has 0 fully saturated rings. The van der Waals surface area contributed by atoms with Crippen LogP contribution in [0.15, 0.2) is 12.1 Å². The summed E-state index contributed by atoms with van der Waals surface area (Å²) in [5.74, 6) is 0.198. The molecule has 0 saturated heterocycles. The molecule has 0 atom stereocenters. The predicted octanol–water partition coefficient (Wildman–Crippen LogP) is 3.03. The maximum Gasteiger partial charge on any atom is 0.226 e. The van der Waals surface area contributed by atoms with Crippen LogP contribution in [0.25, 0.3) is 10.2 Å². The lowest BCUT2D eigenvalue weighted by Gasteiger charge is -2.29. The van der Waals surface area contributed by atoms with Gasteiger partial charge in [0.25, 0.3) is 0 Å². The summed E-state index contributed by atoms with van der Waals surface area (Å²) in [6.45, 7) is 2.74. The van der Waals surface area contributed by atoms with Crippen LogP contribution < -0.4 is 10.2 Å². The van der Waals surface area contributed by atoms with Crippen LogP contribution >= 0.6 is 11.3 Å². The molecule has 1 amide bonds. The van der Waals surface area contributed by atoms with Crippen LogP contribution in [0, 0.1) is 0 Å². The van der Waals surface area contributed by atoms with E-state index >= 15 is 0 Å². The molecule has 1 aromatic carbocycles. The molecule has 0 unspecified atom stereocenters. The number of fused-ring (bicyclic) bond motifs is 2. The van der Waals surface area contributed by atoms with E-state index in [2.05, 4.69) is 22.4 Å². The number of nitrogens with one attached hydrogen (secondary N) is 1. The molecule has 1 aliphatic rings. The SMILES string of the molecule is CCC(=O)N1CCCc2cc3sc(NC)nc3cc21. The van der Waals surface area contributed by atoms with E-state index in [1.54, 1.807) is 11.3 Å². The Bertz CT molecular complexity index is 635. The van der Waals surface area contributed by atoms with Gasteiger partial charge in [-0.1, -0.05) is 18.3 Å². The highest BCUT2D eigenvalue weighted by molar-refractivity contribution is 7.22. The molecule has 5 heteroatoms. The van der Waals surface area contributed by atoms with Crippen molar-refractivity contribution in [2.24, 2.45) is 0 Å². The molecule has 1 aliphatic heterocycles. The molecule has 4 nitrogen and oxygen atoms in total. The smallest absolute Gasteiger partial charge is 0.226 e. The third-order valence-electron chi connectivity index (χ3n) is 3.52. The average molecular weight is 275 g/mol. The number of amides is 1. The predicted molar refractivity (Wildman–Crippen MR) is 80.1 cm³/mol. The van der Waals surface area contributed by atoms with Crippen molar-refractivity contribution in [1.82, 2.24) is 4.98 Å². The van der Waals surface area contributed by atoms with Crippen molar-refractivity contribution in [2.45, 2.75) is 26.2 Å². The van der Waals surface area contributed by atoms with E-state index in [1.807, 2.05) is 18.9 Å². The molecule has 100 valence electrons. The van der Waals surface area contributed by atoms with Crippen LogP contribution in [0.3, 0.4) is 0 Å².